The predicted octanol–water partition coefficient (Wildman–Crippen LogP) is 3.48. The summed E-state index contributed by atoms with van der Waals surface area (Å²) in [7, 11) is 0. The first-order valence-corrected chi connectivity index (χ1v) is 4.36. The molecule has 0 aromatic rings. The molecule has 2 heteroatoms. The van der Waals surface area contributed by atoms with Crippen molar-refractivity contribution >= 4 is 5.97 Å². The van der Waals surface area contributed by atoms with Gasteiger partial charge in [-0.25, -0.2) is 4.79 Å². The summed E-state index contributed by atoms with van der Waals surface area (Å²) in [5.74, 6) is -0.935. The van der Waals surface area contributed by atoms with E-state index in [9.17, 15) is 4.79 Å². The number of hydrogen-bond donors (Lipinski definition) is 1. The van der Waals surface area contributed by atoms with Crippen LogP contribution >= 0.6 is 0 Å². The minimum atomic E-state index is -0.935. The Morgan fingerprint density at radius 1 is 1.17 bits per heavy atom. The van der Waals surface area contributed by atoms with Gasteiger partial charge < -0.3 is 5.11 Å². The number of hydrogen-bond acceptors (Lipinski definition) is 1. The molecule has 12 heavy (non-hydrogen) atoms. The summed E-state index contributed by atoms with van der Waals surface area (Å²) in [5, 5.41) is 7.89. The maximum Gasteiger partial charge on any atom is 0.330 e. The van der Waals surface area contributed by atoms with Gasteiger partial charge in [0.25, 0.3) is 0 Å². The summed E-state index contributed by atoms with van der Waals surface area (Å²) in [6.07, 6.45) is 2.50. The van der Waals surface area contributed by atoms with Crippen molar-refractivity contribution in [1.29, 1.82) is 0 Å². The standard InChI is InChI=1S/C4H6O2.2C3H8/c1-3(2)4(5)6;2*1-3-2/h1H2,2H3,(H,5,6);2*3H2,1-2H3. The van der Waals surface area contributed by atoms with Crippen molar-refractivity contribution in [1.82, 2.24) is 0 Å². The number of carboxylic acid groups (broad SMARTS) is 1. The van der Waals surface area contributed by atoms with Crippen LogP contribution < -0.4 is 0 Å². The van der Waals surface area contributed by atoms with E-state index in [1.165, 1.54) is 19.8 Å². The Morgan fingerprint density at radius 2 is 1.25 bits per heavy atom. The summed E-state index contributed by atoms with van der Waals surface area (Å²) in [5.41, 5.74) is 0.176. The van der Waals surface area contributed by atoms with Crippen LogP contribution in [0.15, 0.2) is 12.2 Å². The van der Waals surface area contributed by atoms with E-state index in [0.717, 1.165) is 0 Å². The fourth-order valence-corrected chi connectivity index (χ4v) is 0. The minimum absolute atomic E-state index is 0.176. The van der Waals surface area contributed by atoms with Crippen molar-refractivity contribution in [2.45, 2.75) is 47.5 Å². The van der Waals surface area contributed by atoms with E-state index in [1.54, 1.807) is 0 Å². The maximum atomic E-state index is 9.60. The van der Waals surface area contributed by atoms with Crippen molar-refractivity contribution in [2.24, 2.45) is 0 Å². The summed E-state index contributed by atoms with van der Waals surface area (Å²) in [6, 6.07) is 0. The van der Waals surface area contributed by atoms with Gasteiger partial charge in [0.2, 0.25) is 0 Å². The van der Waals surface area contributed by atoms with E-state index in [2.05, 4.69) is 34.3 Å². The molecule has 0 aromatic carbocycles. The van der Waals surface area contributed by atoms with Gasteiger partial charge in [0.05, 0.1) is 0 Å². The maximum absolute atomic E-state index is 9.60. The van der Waals surface area contributed by atoms with Crippen molar-refractivity contribution in [2.75, 3.05) is 0 Å². The Bertz CT molecular complexity index is 92.4. The largest absolute Gasteiger partial charge is 0.478 e. The molecule has 0 unspecified atom stereocenters. The lowest BCUT2D eigenvalue weighted by Gasteiger charge is -1.79. The first-order chi connectivity index (χ1) is 5.47. The summed E-state index contributed by atoms with van der Waals surface area (Å²) >= 11 is 0. The van der Waals surface area contributed by atoms with Crippen LogP contribution in [-0.2, 0) is 4.79 Å². The fraction of sp³-hybridized carbons (Fsp3) is 0.700. The molecule has 0 aliphatic heterocycles. The topological polar surface area (TPSA) is 37.3 Å². The lowest BCUT2D eigenvalue weighted by molar-refractivity contribution is -0.132. The molecule has 0 spiro atoms. The van der Waals surface area contributed by atoms with Crippen LogP contribution in [0.1, 0.15) is 47.5 Å². The second-order valence-electron chi connectivity index (χ2n) is 2.50. The fourth-order valence-electron chi connectivity index (χ4n) is 0. The van der Waals surface area contributed by atoms with Gasteiger partial charge in [0.15, 0.2) is 0 Å². The van der Waals surface area contributed by atoms with E-state index >= 15 is 0 Å². The van der Waals surface area contributed by atoms with Crippen LogP contribution in [0, 0.1) is 0 Å². The third-order valence-electron chi connectivity index (χ3n) is 0.365. The second kappa shape index (κ2) is 16.7. The second-order valence-corrected chi connectivity index (χ2v) is 2.50. The Hall–Kier alpha value is -0.790. The third-order valence-corrected chi connectivity index (χ3v) is 0.365. The first-order valence-electron chi connectivity index (χ1n) is 4.36. The predicted molar refractivity (Wildman–Crippen MR) is 54.4 cm³/mol. The molecule has 0 fully saturated rings. The van der Waals surface area contributed by atoms with E-state index in [4.69, 9.17) is 5.11 Å². The van der Waals surface area contributed by atoms with Gasteiger partial charge in [-0.15, -0.1) is 0 Å². The van der Waals surface area contributed by atoms with E-state index in [1.807, 2.05) is 0 Å². The Morgan fingerprint density at radius 3 is 1.25 bits per heavy atom. The summed E-state index contributed by atoms with van der Waals surface area (Å²) in [4.78, 5) is 9.60. The molecule has 0 rings (SSSR count). The summed E-state index contributed by atoms with van der Waals surface area (Å²) < 4.78 is 0. The smallest absolute Gasteiger partial charge is 0.330 e. The van der Waals surface area contributed by atoms with Gasteiger partial charge in [-0.05, 0) is 6.92 Å². The molecule has 0 aromatic heterocycles. The minimum Gasteiger partial charge on any atom is -0.478 e. The monoisotopic (exact) mass is 174 g/mol. The van der Waals surface area contributed by atoms with Crippen molar-refractivity contribution < 1.29 is 9.90 Å². The van der Waals surface area contributed by atoms with Crippen molar-refractivity contribution in [3.63, 3.8) is 0 Å². The molecular formula is C10H22O2. The lowest BCUT2D eigenvalue weighted by atomic mass is 10.4. The molecule has 0 atom stereocenters. The zero-order valence-corrected chi connectivity index (χ0v) is 8.98. The van der Waals surface area contributed by atoms with Crippen LogP contribution in [0.5, 0.6) is 0 Å². The SMILES string of the molecule is C=C(C)C(=O)O.CCC.CCC. The molecular weight excluding hydrogens is 152 g/mol. The van der Waals surface area contributed by atoms with Gasteiger partial charge in [-0.1, -0.05) is 47.1 Å². The molecule has 0 amide bonds. The van der Waals surface area contributed by atoms with Gasteiger partial charge in [-0.3, -0.25) is 0 Å². The molecule has 0 saturated heterocycles. The Kier molecular flexibility index (Phi) is 24.1. The first kappa shape index (κ1) is 17.3. The number of carboxylic acids is 1. The van der Waals surface area contributed by atoms with Crippen molar-refractivity contribution in [3.05, 3.63) is 12.2 Å². The number of aliphatic carboxylic acids is 1. The highest BCUT2D eigenvalue weighted by molar-refractivity contribution is 5.84. The molecule has 0 saturated carbocycles. The average molecular weight is 174 g/mol. The average Bonchev–Trinajstić information content (AvgIpc) is 1.90. The van der Waals surface area contributed by atoms with Crippen LogP contribution in [0.25, 0.3) is 0 Å². The normalized spacial score (nSPS) is 6.75. The van der Waals surface area contributed by atoms with Gasteiger partial charge in [0.1, 0.15) is 0 Å². The lowest BCUT2D eigenvalue weighted by Crippen LogP contribution is -1.92. The Labute approximate surface area is 76.3 Å². The molecule has 0 aliphatic rings. The molecule has 74 valence electrons. The third kappa shape index (κ3) is 60.2. The highest BCUT2D eigenvalue weighted by atomic mass is 16.4. The zero-order valence-electron chi connectivity index (χ0n) is 8.98. The molecule has 1 N–H and O–H groups in total. The van der Waals surface area contributed by atoms with Crippen LogP contribution in [-0.4, -0.2) is 11.1 Å². The molecule has 0 aliphatic carbocycles. The Balaban J connectivity index is -0.000000115. The zero-order chi connectivity index (χ0) is 10.6. The molecule has 0 heterocycles. The van der Waals surface area contributed by atoms with E-state index in [0.29, 0.717) is 0 Å². The molecule has 0 bridgehead atoms. The van der Waals surface area contributed by atoms with E-state index < -0.39 is 5.97 Å². The molecule has 2 nitrogen and oxygen atoms in total. The molecule has 0 radical (unpaired) electrons. The number of rotatable bonds is 1. The quantitative estimate of drug-likeness (QED) is 0.618. The van der Waals surface area contributed by atoms with Gasteiger partial charge in [0, 0.05) is 5.57 Å². The number of carbonyl (C=O) groups is 1. The highest BCUT2D eigenvalue weighted by Gasteiger charge is 1.90. The van der Waals surface area contributed by atoms with Crippen LogP contribution in [0.2, 0.25) is 0 Å². The van der Waals surface area contributed by atoms with Gasteiger partial charge >= 0.3 is 5.97 Å². The van der Waals surface area contributed by atoms with E-state index in [-0.39, 0.29) is 5.57 Å². The van der Waals surface area contributed by atoms with Crippen LogP contribution in [0.4, 0.5) is 0 Å². The van der Waals surface area contributed by atoms with Crippen molar-refractivity contribution in [3.8, 4) is 0 Å². The highest BCUT2D eigenvalue weighted by Crippen LogP contribution is 1.81. The van der Waals surface area contributed by atoms with Gasteiger partial charge in [-0.2, -0.15) is 0 Å². The summed E-state index contributed by atoms with van der Waals surface area (Å²) in [6.45, 7) is 13.1. The van der Waals surface area contributed by atoms with Crippen LogP contribution in [0.3, 0.4) is 0 Å².